The number of nitrogens with one attached hydrogen (secondary N) is 2. The van der Waals surface area contributed by atoms with E-state index >= 15 is 0 Å². The second-order valence-corrected chi connectivity index (χ2v) is 6.06. The van der Waals surface area contributed by atoms with E-state index in [1.165, 1.54) is 6.07 Å². The van der Waals surface area contributed by atoms with Crippen LogP contribution in [-0.4, -0.2) is 35.6 Å². The van der Waals surface area contributed by atoms with Crippen LogP contribution in [0.4, 0.5) is 13.2 Å². The average Bonchev–Trinajstić information content (AvgIpc) is 2.85. The number of alkyl halides is 3. The number of para-hydroxylation sites is 1. The molecule has 0 aliphatic carbocycles. The van der Waals surface area contributed by atoms with Crippen LogP contribution in [0.15, 0.2) is 29.3 Å². The summed E-state index contributed by atoms with van der Waals surface area (Å²) in [5.41, 5.74) is 3.68. The number of benzene rings is 1. The predicted octanol–water partition coefficient (Wildman–Crippen LogP) is 3.46. The van der Waals surface area contributed by atoms with Crippen LogP contribution in [0, 0.1) is 13.8 Å². The standard InChI is InChI=1S/C18H24F3N5O.HI/c1-12-15(13(2)26(4)25-12)10-24-17(22-3)23-9-14-7-5-6-8-16(14)27-11-18(19,20)21;/h5-8H,9-11H2,1-4H3,(H2,22,23,24);1H. The Bertz CT molecular complexity index is 805. The highest BCUT2D eigenvalue weighted by atomic mass is 127. The van der Waals surface area contributed by atoms with Gasteiger partial charge in [0.2, 0.25) is 0 Å². The maximum atomic E-state index is 12.4. The van der Waals surface area contributed by atoms with Crippen molar-refractivity contribution in [3.63, 3.8) is 0 Å². The molecule has 2 N–H and O–H groups in total. The molecule has 0 radical (unpaired) electrons. The topological polar surface area (TPSA) is 63.5 Å². The van der Waals surface area contributed by atoms with Crippen LogP contribution in [-0.2, 0) is 20.1 Å². The minimum absolute atomic E-state index is 0. The third-order valence-electron chi connectivity index (χ3n) is 4.13. The van der Waals surface area contributed by atoms with Gasteiger partial charge in [0.15, 0.2) is 12.6 Å². The van der Waals surface area contributed by atoms with Crippen LogP contribution < -0.4 is 15.4 Å². The number of halogens is 4. The van der Waals surface area contributed by atoms with Crippen LogP contribution in [0.1, 0.15) is 22.5 Å². The second kappa shape index (κ2) is 10.5. The van der Waals surface area contributed by atoms with Gasteiger partial charge in [0, 0.05) is 44.0 Å². The zero-order chi connectivity index (χ0) is 20.0. The molecule has 0 aliphatic heterocycles. The molecule has 0 amide bonds. The molecule has 0 fully saturated rings. The van der Waals surface area contributed by atoms with Crippen LogP contribution >= 0.6 is 24.0 Å². The van der Waals surface area contributed by atoms with E-state index in [0.29, 0.717) is 18.1 Å². The van der Waals surface area contributed by atoms with E-state index in [0.717, 1.165) is 17.0 Å². The Hall–Kier alpha value is -1.98. The van der Waals surface area contributed by atoms with Crippen molar-refractivity contribution in [2.75, 3.05) is 13.7 Å². The molecule has 10 heteroatoms. The monoisotopic (exact) mass is 511 g/mol. The molecule has 0 saturated carbocycles. The van der Waals surface area contributed by atoms with Gasteiger partial charge in [0.05, 0.1) is 5.69 Å². The fourth-order valence-corrected chi connectivity index (χ4v) is 2.60. The van der Waals surface area contributed by atoms with E-state index < -0.39 is 12.8 Å². The van der Waals surface area contributed by atoms with Crippen molar-refractivity contribution in [3.8, 4) is 5.75 Å². The van der Waals surface area contributed by atoms with Gasteiger partial charge in [-0.15, -0.1) is 24.0 Å². The van der Waals surface area contributed by atoms with Gasteiger partial charge in [0.25, 0.3) is 0 Å². The summed E-state index contributed by atoms with van der Waals surface area (Å²) in [5, 5.41) is 10.6. The maximum Gasteiger partial charge on any atom is 0.422 e. The van der Waals surface area contributed by atoms with Gasteiger partial charge in [-0.25, -0.2) is 0 Å². The molecule has 6 nitrogen and oxygen atoms in total. The molecule has 0 spiro atoms. The average molecular weight is 511 g/mol. The number of guanidine groups is 1. The molecular formula is C18H25F3IN5O. The number of rotatable bonds is 6. The minimum atomic E-state index is -4.38. The Kier molecular flexibility index (Phi) is 9.05. The van der Waals surface area contributed by atoms with Crippen LogP contribution in [0.25, 0.3) is 0 Å². The van der Waals surface area contributed by atoms with Crippen LogP contribution in [0.2, 0.25) is 0 Å². The first-order valence-corrected chi connectivity index (χ1v) is 8.42. The lowest BCUT2D eigenvalue weighted by atomic mass is 10.2. The van der Waals surface area contributed by atoms with Gasteiger partial charge in [0.1, 0.15) is 5.75 Å². The highest BCUT2D eigenvalue weighted by Crippen LogP contribution is 2.22. The number of hydrogen-bond acceptors (Lipinski definition) is 3. The predicted molar refractivity (Wildman–Crippen MR) is 113 cm³/mol. The summed E-state index contributed by atoms with van der Waals surface area (Å²) in [4.78, 5) is 4.15. The fourth-order valence-electron chi connectivity index (χ4n) is 2.60. The van der Waals surface area contributed by atoms with Crippen LogP contribution in [0.5, 0.6) is 5.75 Å². The summed E-state index contributed by atoms with van der Waals surface area (Å²) in [6.07, 6.45) is -4.38. The van der Waals surface area contributed by atoms with Gasteiger partial charge in [-0.3, -0.25) is 9.67 Å². The quantitative estimate of drug-likeness (QED) is 0.355. The molecule has 28 heavy (non-hydrogen) atoms. The number of nitrogens with zero attached hydrogens (tertiary/aromatic N) is 3. The minimum Gasteiger partial charge on any atom is -0.484 e. The van der Waals surface area contributed by atoms with Gasteiger partial charge in [-0.1, -0.05) is 18.2 Å². The van der Waals surface area contributed by atoms with E-state index in [1.54, 1.807) is 25.2 Å². The first kappa shape index (κ1) is 24.1. The maximum absolute atomic E-state index is 12.4. The molecule has 156 valence electrons. The Morgan fingerprint density at radius 2 is 1.82 bits per heavy atom. The van der Waals surface area contributed by atoms with Crippen LogP contribution in [0.3, 0.4) is 0 Å². The zero-order valence-corrected chi connectivity index (χ0v) is 18.6. The number of ether oxygens (including phenoxy) is 1. The van der Waals surface area contributed by atoms with Gasteiger partial charge >= 0.3 is 6.18 Å². The third kappa shape index (κ3) is 6.88. The van der Waals surface area contributed by atoms with Crippen molar-refractivity contribution in [3.05, 3.63) is 46.8 Å². The van der Waals surface area contributed by atoms with Crippen molar-refractivity contribution in [2.45, 2.75) is 33.1 Å². The third-order valence-corrected chi connectivity index (χ3v) is 4.13. The normalized spacial score (nSPS) is 11.8. The Labute approximate surface area is 179 Å². The molecule has 2 aromatic rings. The fraction of sp³-hybridized carbons (Fsp3) is 0.444. The lowest BCUT2D eigenvalue weighted by Crippen LogP contribution is -2.36. The summed E-state index contributed by atoms with van der Waals surface area (Å²) in [7, 11) is 3.52. The van der Waals surface area contributed by atoms with Crippen molar-refractivity contribution in [2.24, 2.45) is 12.0 Å². The first-order valence-electron chi connectivity index (χ1n) is 8.42. The highest BCUT2D eigenvalue weighted by molar-refractivity contribution is 14.0. The van der Waals surface area contributed by atoms with Crippen molar-refractivity contribution >= 4 is 29.9 Å². The number of aliphatic imine (C=N–C) groups is 1. The lowest BCUT2D eigenvalue weighted by Gasteiger charge is -2.15. The summed E-state index contributed by atoms with van der Waals surface area (Å²) in [6, 6.07) is 6.61. The second-order valence-electron chi connectivity index (χ2n) is 6.06. The first-order chi connectivity index (χ1) is 12.7. The van der Waals surface area contributed by atoms with E-state index in [9.17, 15) is 13.2 Å². The van der Waals surface area contributed by atoms with E-state index in [2.05, 4.69) is 20.7 Å². The van der Waals surface area contributed by atoms with Crippen molar-refractivity contribution in [1.29, 1.82) is 0 Å². The van der Waals surface area contributed by atoms with Crippen molar-refractivity contribution in [1.82, 2.24) is 20.4 Å². The van der Waals surface area contributed by atoms with Gasteiger partial charge in [-0.2, -0.15) is 18.3 Å². The Balaban J connectivity index is 0.00000392. The molecular weight excluding hydrogens is 486 g/mol. The molecule has 1 heterocycles. The molecule has 0 atom stereocenters. The highest BCUT2D eigenvalue weighted by Gasteiger charge is 2.28. The molecule has 1 aromatic carbocycles. The zero-order valence-electron chi connectivity index (χ0n) is 16.2. The number of aromatic nitrogens is 2. The molecule has 0 bridgehead atoms. The summed E-state index contributed by atoms with van der Waals surface area (Å²) in [5.74, 6) is 0.722. The van der Waals surface area contributed by atoms with E-state index in [4.69, 9.17) is 4.74 Å². The van der Waals surface area contributed by atoms with Gasteiger partial charge in [-0.05, 0) is 19.9 Å². The van der Waals surface area contributed by atoms with E-state index in [-0.39, 0.29) is 36.3 Å². The number of aryl methyl sites for hydroxylation is 2. The van der Waals surface area contributed by atoms with Gasteiger partial charge < -0.3 is 15.4 Å². The Morgan fingerprint density at radius 3 is 2.39 bits per heavy atom. The SMILES string of the molecule is CN=C(NCc1ccccc1OCC(F)(F)F)NCc1c(C)nn(C)c1C.I. The molecule has 2 rings (SSSR count). The molecule has 0 aliphatic rings. The Morgan fingerprint density at radius 1 is 1.18 bits per heavy atom. The molecule has 1 aromatic heterocycles. The summed E-state index contributed by atoms with van der Waals surface area (Å²) in [6.45, 7) is 3.42. The summed E-state index contributed by atoms with van der Waals surface area (Å²) < 4.78 is 43.9. The van der Waals surface area contributed by atoms with Crippen molar-refractivity contribution < 1.29 is 17.9 Å². The smallest absolute Gasteiger partial charge is 0.422 e. The molecule has 0 unspecified atom stereocenters. The lowest BCUT2D eigenvalue weighted by molar-refractivity contribution is -0.153. The molecule has 0 saturated heterocycles. The van der Waals surface area contributed by atoms with E-state index in [1.807, 2.05) is 25.6 Å². The number of hydrogen-bond donors (Lipinski definition) is 2. The largest absolute Gasteiger partial charge is 0.484 e. The summed E-state index contributed by atoms with van der Waals surface area (Å²) >= 11 is 0.